The Morgan fingerprint density at radius 1 is 1.19 bits per heavy atom. The molecule has 2 aliphatic heterocycles. The predicted molar refractivity (Wildman–Crippen MR) is 80.0 cm³/mol. The fraction of sp³-hybridized carbons (Fsp3) is 0.938. The van der Waals surface area contributed by atoms with E-state index in [2.05, 4.69) is 4.90 Å². The molecule has 0 aromatic heterocycles. The van der Waals surface area contributed by atoms with Crippen molar-refractivity contribution < 1.29 is 14.6 Å². The van der Waals surface area contributed by atoms with Crippen molar-refractivity contribution in [3.63, 3.8) is 0 Å². The minimum Gasteiger partial charge on any atom is -0.396 e. The zero-order valence-electron chi connectivity index (χ0n) is 12.9. The van der Waals surface area contributed by atoms with E-state index in [9.17, 15) is 9.90 Å². The Kier molecular flexibility index (Phi) is 4.82. The van der Waals surface area contributed by atoms with Crippen LogP contribution in [0.1, 0.15) is 38.5 Å². The first-order chi connectivity index (χ1) is 10.2. The highest BCUT2D eigenvalue weighted by Crippen LogP contribution is 2.36. The van der Waals surface area contributed by atoms with Gasteiger partial charge in [-0.1, -0.05) is 19.3 Å². The normalized spacial score (nSPS) is 30.8. The molecule has 3 aliphatic rings. The Bertz CT molecular complexity index is 363. The third-order valence-electron chi connectivity index (χ3n) is 5.50. The van der Waals surface area contributed by atoms with Crippen LogP contribution in [0, 0.1) is 5.92 Å². The smallest absolute Gasteiger partial charge is 0.223 e. The van der Waals surface area contributed by atoms with Gasteiger partial charge in [-0.25, -0.2) is 0 Å². The van der Waals surface area contributed by atoms with Gasteiger partial charge in [-0.15, -0.1) is 0 Å². The molecule has 2 heterocycles. The second-order valence-corrected chi connectivity index (χ2v) is 6.91. The van der Waals surface area contributed by atoms with Gasteiger partial charge in [0.1, 0.15) is 0 Å². The van der Waals surface area contributed by atoms with Crippen LogP contribution in [0.5, 0.6) is 0 Å². The van der Waals surface area contributed by atoms with Crippen LogP contribution >= 0.6 is 0 Å². The van der Waals surface area contributed by atoms with E-state index >= 15 is 0 Å². The third-order valence-corrected chi connectivity index (χ3v) is 5.50. The lowest BCUT2D eigenvalue weighted by Crippen LogP contribution is -2.59. The van der Waals surface area contributed by atoms with Crippen LogP contribution in [-0.2, 0) is 9.53 Å². The molecule has 5 nitrogen and oxygen atoms in total. The van der Waals surface area contributed by atoms with Gasteiger partial charge in [0.25, 0.3) is 0 Å². The number of carbonyl (C=O) groups excluding carboxylic acids is 1. The highest BCUT2D eigenvalue weighted by molar-refractivity contribution is 5.78. The van der Waals surface area contributed by atoms with Crippen LogP contribution in [0.4, 0.5) is 0 Å². The predicted octanol–water partition coefficient (Wildman–Crippen LogP) is 0.862. The molecule has 3 rings (SSSR count). The molecule has 3 fully saturated rings. The maximum atomic E-state index is 12.2. The van der Waals surface area contributed by atoms with Crippen molar-refractivity contribution in [1.82, 2.24) is 9.80 Å². The number of nitrogens with zero attached hydrogens (tertiary/aromatic N) is 2. The van der Waals surface area contributed by atoms with Crippen LogP contribution in [-0.4, -0.2) is 72.4 Å². The molecule has 0 aromatic carbocycles. The topological polar surface area (TPSA) is 53.0 Å². The number of hydrogen-bond donors (Lipinski definition) is 1. The molecule has 1 amide bonds. The van der Waals surface area contributed by atoms with Gasteiger partial charge in [0.05, 0.1) is 13.2 Å². The zero-order valence-corrected chi connectivity index (χ0v) is 12.9. The fourth-order valence-electron chi connectivity index (χ4n) is 4.31. The first-order valence-corrected chi connectivity index (χ1v) is 8.45. The van der Waals surface area contributed by atoms with Crippen molar-refractivity contribution in [3.8, 4) is 0 Å². The number of ether oxygens (including phenoxy) is 1. The highest BCUT2D eigenvalue weighted by Gasteiger charge is 2.42. The Balaban J connectivity index is 1.71. The van der Waals surface area contributed by atoms with Gasteiger partial charge in [0.15, 0.2) is 0 Å². The summed E-state index contributed by atoms with van der Waals surface area (Å²) in [5.41, 5.74) is 0.155. The van der Waals surface area contributed by atoms with Gasteiger partial charge in [0, 0.05) is 50.7 Å². The van der Waals surface area contributed by atoms with Gasteiger partial charge >= 0.3 is 0 Å². The largest absolute Gasteiger partial charge is 0.396 e. The SMILES string of the molecule is O=C1CC(CO)CN1CC1(N2CCOCC2)CCCCC1. The number of aliphatic hydroxyl groups excluding tert-OH is 1. The molecule has 120 valence electrons. The van der Waals surface area contributed by atoms with E-state index in [4.69, 9.17) is 4.74 Å². The second-order valence-electron chi connectivity index (χ2n) is 6.91. The van der Waals surface area contributed by atoms with E-state index < -0.39 is 0 Å². The summed E-state index contributed by atoms with van der Waals surface area (Å²) >= 11 is 0. The molecule has 1 N–H and O–H groups in total. The summed E-state index contributed by atoms with van der Waals surface area (Å²) in [6.07, 6.45) is 6.77. The lowest BCUT2D eigenvalue weighted by Gasteiger charge is -2.49. The number of carbonyl (C=O) groups is 1. The van der Waals surface area contributed by atoms with Crippen LogP contribution in [0.15, 0.2) is 0 Å². The molecule has 0 spiro atoms. The molecule has 5 heteroatoms. The van der Waals surface area contributed by atoms with E-state index in [1.807, 2.05) is 4.90 Å². The lowest BCUT2D eigenvalue weighted by atomic mass is 9.79. The first kappa shape index (κ1) is 15.3. The summed E-state index contributed by atoms with van der Waals surface area (Å²) in [6, 6.07) is 0. The van der Waals surface area contributed by atoms with Crippen LogP contribution < -0.4 is 0 Å². The molecule has 0 aromatic rings. The molecule has 0 bridgehead atoms. The number of amides is 1. The van der Waals surface area contributed by atoms with E-state index in [1.165, 1.54) is 32.1 Å². The minimum absolute atomic E-state index is 0.132. The summed E-state index contributed by atoms with van der Waals surface area (Å²) in [6.45, 7) is 5.33. The van der Waals surface area contributed by atoms with Crippen molar-refractivity contribution in [1.29, 1.82) is 0 Å². The number of hydrogen-bond acceptors (Lipinski definition) is 4. The average molecular weight is 296 g/mol. The van der Waals surface area contributed by atoms with Crippen LogP contribution in [0.2, 0.25) is 0 Å². The fourth-order valence-corrected chi connectivity index (χ4v) is 4.31. The third kappa shape index (κ3) is 3.25. The van der Waals surface area contributed by atoms with Crippen LogP contribution in [0.25, 0.3) is 0 Å². The summed E-state index contributed by atoms with van der Waals surface area (Å²) in [7, 11) is 0. The Morgan fingerprint density at radius 3 is 2.52 bits per heavy atom. The minimum atomic E-state index is 0.132. The number of morpholine rings is 1. The Hall–Kier alpha value is -0.650. The molecular weight excluding hydrogens is 268 g/mol. The molecule has 0 radical (unpaired) electrons. The van der Waals surface area contributed by atoms with Gasteiger partial charge in [-0.3, -0.25) is 9.69 Å². The van der Waals surface area contributed by atoms with E-state index in [1.54, 1.807) is 0 Å². The monoisotopic (exact) mass is 296 g/mol. The van der Waals surface area contributed by atoms with Gasteiger partial charge in [-0.2, -0.15) is 0 Å². The van der Waals surface area contributed by atoms with E-state index in [-0.39, 0.29) is 24.0 Å². The quantitative estimate of drug-likeness (QED) is 0.836. The van der Waals surface area contributed by atoms with Crippen molar-refractivity contribution in [2.75, 3.05) is 46.0 Å². The molecule has 2 saturated heterocycles. The summed E-state index contributed by atoms with van der Waals surface area (Å²) in [5.74, 6) is 0.370. The van der Waals surface area contributed by atoms with Gasteiger partial charge < -0.3 is 14.7 Å². The van der Waals surface area contributed by atoms with Crippen molar-refractivity contribution >= 4 is 5.91 Å². The molecular formula is C16H28N2O3. The summed E-state index contributed by atoms with van der Waals surface area (Å²) < 4.78 is 5.51. The molecule has 1 unspecified atom stereocenters. The maximum Gasteiger partial charge on any atom is 0.223 e. The second kappa shape index (κ2) is 6.63. The van der Waals surface area contributed by atoms with Crippen molar-refractivity contribution in [2.45, 2.75) is 44.1 Å². The molecule has 1 atom stereocenters. The van der Waals surface area contributed by atoms with Gasteiger partial charge in [-0.05, 0) is 12.8 Å². The number of rotatable bonds is 4. The van der Waals surface area contributed by atoms with Crippen molar-refractivity contribution in [2.24, 2.45) is 5.92 Å². The Morgan fingerprint density at radius 2 is 1.90 bits per heavy atom. The highest BCUT2D eigenvalue weighted by atomic mass is 16.5. The zero-order chi connectivity index (χ0) is 14.7. The van der Waals surface area contributed by atoms with Crippen LogP contribution in [0.3, 0.4) is 0 Å². The van der Waals surface area contributed by atoms with Gasteiger partial charge in [0.2, 0.25) is 5.91 Å². The van der Waals surface area contributed by atoms with E-state index in [0.29, 0.717) is 6.42 Å². The van der Waals surface area contributed by atoms with E-state index in [0.717, 1.165) is 39.4 Å². The lowest BCUT2D eigenvalue weighted by molar-refractivity contribution is -0.131. The Labute approximate surface area is 127 Å². The standard InChI is InChI=1S/C16H28N2O3/c19-12-14-10-15(20)17(11-14)13-16(4-2-1-3-5-16)18-6-8-21-9-7-18/h14,19H,1-13H2. The molecule has 1 aliphatic carbocycles. The summed E-state index contributed by atoms with van der Waals surface area (Å²) in [5, 5.41) is 9.31. The van der Waals surface area contributed by atoms with Crippen molar-refractivity contribution in [3.05, 3.63) is 0 Å². The number of likely N-dealkylation sites (tertiary alicyclic amines) is 1. The number of aliphatic hydroxyl groups is 1. The average Bonchev–Trinajstić information content (AvgIpc) is 2.89. The molecule has 1 saturated carbocycles. The maximum absolute atomic E-state index is 12.2. The molecule has 21 heavy (non-hydrogen) atoms. The summed E-state index contributed by atoms with van der Waals surface area (Å²) in [4.78, 5) is 16.8. The first-order valence-electron chi connectivity index (χ1n) is 8.45.